The fourth-order valence-corrected chi connectivity index (χ4v) is 3.26. The van der Waals surface area contributed by atoms with Crippen molar-refractivity contribution in [1.82, 2.24) is 9.80 Å². The maximum atomic E-state index is 12.4. The minimum atomic E-state index is 0.216. The van der Waals surface area contributed by atoms with Gasteiger partial charge in [0.05, 0.1) is 0 Å². The summed E-state index contributed by atoms with van der Waals surface area (Å²) in [4.78, 5) is 16.9. The first-order chi connectivity index (χ1) is 9.25. The first kappa shape index (κ1) is 12.7. The summed E-state index contributed by atoms with van der Waals surface area (Å²) < 4.78 is 0. The number of carbonyl (C=O) groups is 1. The molecule has 1 fully saturated rings. The van der Waals surface area contributed by atoms with Crippen molar-refractivity contribution in [2.45, 2.75) is 32.2 Å². The van der Waals surface area contributed by atoms with E-state index in [1.165, 1.54) is 24.9 Å². The molecule has 2 heterocycles. The second-order valence-electron chi connectivity index (χ2n) is 5.73. The molecule has 1 aromatic carbocycles. The fraction of sp³-hybridized carbons (Fsp3) is 0.562. The molecule has 2 aliphatic heterocycles. The van der Waals surface area contributed by atoms with Crippen molar-refractivity contribution in [2.75, 3.05) is 26.2 Å². The molecular formula is C16H22N2O. The second kappa shape index (κ2) is 5.33. The summed E-state index contributed by atoms with van der Waals surface area (Å²) in [7, 11) is 0. The monoisotopic (exact) mass is 258 g/mol. The van der Waals surface area contributed by atoms with Gasteiger partial charge in [-0.15, -0.1) is 0 Å². The molecule has 1 amide bonds. The highest BCUT2D eigenvalue weighted by Gasteiger charge is 2.25. The van der Waals surface area contributed by atoms with Crippen molar-refractivity contribution >= 4 is 5.91 Å². The van der Waals surface area contributed by atoms with E-state index in [1.54, 1.807) is 0 Å². The lowest BCUT2D eigenvalue weighted by Crippen LogP contribution is -2.43. The van der Waals surface area contributed by atoms with E-state index in [1.807, 2.05) is 23.1 Å². The molecule has 0 aliphatic carbocycles. The van der Waals surface area contributed by atoms with Crippen molar-refractivity contribution in [3.63, 3.8) is 0 Å². The second-order valence-corrected chi connectivity index (χ2v) is 5.73. The van der Waals surface area contributed by atoms with E-state index in [2.05, 4.69) is 17.9 Å². The van der Waals surface area contributed by atoms with Crippen LogP contribution < -0.4 is 0 Å². The quantitative estimate of drug-likeness (QED) is 0.829. The molecule has 0 N–H and O–H groups in total. The zero-order chi connectivity index (χ0) is 13.2. The summed E-state index contributed by atoms with van der Waals surface area (Å²) in [6, 6.07) is 8.71. The molecule has 0 spiro atoms. The molecule has 3 rings (SSSR count). The Kier molecular flexibility index (Phi) is 3.56. The van der Waals surface area contributed by atoms with Crippen molar-refractivity contribution < 1.29 is 4.79 Å². The molecule has 1 aromatic rings. The predicted molar refractivity (Wildman–Crippen MR) is 76.3 cm³/mol. The summed E-state index contributed by atoms with van der Waals surface area (Å²) in [5.41, 5.74) is 2.11. The number of carbonyl (C=O) groups excluding carboxylic acids is 1. The fourth-order valence-electron chi connectivity index (χ4n) is 3.26. The average Bonchev–Trinajstić information content (AvgIpc) is 2.84. The highest BCUT2D eigenvalue weighted by Crippen LogP contribution is 2.20. The minimum absolute atomic E-state index is 0.216. The summed E-state index contributed by atoms with van der Waals surface area (Å²) in [5.74, 6) is 0.216. The number of benzene rings is 1. The largest absolute Gasteiger partial charge is 0.337 e. The minimum Gasteiger partial charge on any atom is -0.337 e. The third kappa shape index (κ3) is 2.52. The van der Waals surface area contributed by atoms with Crippen LogP contribution in [0.1, 0.15) is 35.7 Å². The van der Waals surface area contributed by atoms with Crippen molar-refractivity contribution in [2.24, 2.45) is 0 Å². The number of fused-ring (bicyclic) bond motifs is 1. The standard InChI is InChI=1S/C16H22N2O/c1-13-5-4-9-17(13)11-12-18-10-8-14-6-2-3-7-15(14)16(18)19/h2-3,6-7,13H,4-5,8-12H2,1H3. The van der Waals surface area contributed by atoms with Crippen LogP contribution in [0.4, 0.5) is 0 Å². The Labute approximate surface area is 115 Å². The molecule has 1 atom stereocenters. The molecule has 0 aromatic heterocycles. The third-order valence-corrected chi connectivity index (χ3v) is 4.53. The van der Waals surface area contributed by atoms with Crippen LogP contribution in [-0.2, 0) is 6.42 Å². The van der Waals surface area contributed by atoms with Gasteiger partial charge in [0.1, 0.15) is 0 Å². The van der Waals surface area contributed by atoms with E-state index in [0.717, 1.165) is 31.6 Å². The van der Waals surface area contributed by atoms with E-state index in [4.69, 9.17) is 0 Å². The molecule has 1 unspecified atom stereocenters. The molecule has 0 saturated carbocycles. The maximum absolute atomic E-state index is 12.4. The Balaban J connectivity index is 1.63. The van der Waals surface area contributed by atoms with Gasteiger partial charge < -0.3 is 4.90 Å². The van der Waals surface area contributed by atoms with Crippen LogP contribution in [0.3, 0.4) is 0 Å². The van der Waals surface area contributed by atoms with Gasteiger partial charge in [-0.2, -0.15) is 0 Å². The molecule has 102 valence electrons. The predicted octanol–water partition coefficient (Wildman–Crippen LogP) is 2.17. The number of rotatable bonds is 3. The van der Waals surface area contributed by atoms with E-state index >= 15 is 0 Å². The van der Waals surface area contributed by atoms with Crippen molar-refractivity contribution in [1.29, 1.82) is 0 Å². The zero-order valence-electron chi connectivity index (χ0n) is 11.6. The van der Waals surface area contributed by atoms with Crippen LogP contribution in [0.15, 0.2) is 24.3 Å². The summed E-state index contributed by atoms with van der Waals surface area (Å²) >= 11 is 0. The number of likely N-dealkylation sites (tertiary alicyclic amines) is 1. The van der Waals surface area contributed by atoms with Crippen LogP contribution >= 0.6 is 0 Å². The number of nitrogens with zero attached hydrogens (tertiary/aromatic N) is 2. The lowest BCUT2D eigenvalue weighted by molar-refractivity contribution is 0.0717. The SMILES string of the molecule is CC1CCCN1CCN1CCc2ccccc2C1=O. The van der Waals surface area contributed by atoms with Gasteiger partial charge in [0.15, 0.2) is 0 Å². The molecular weight excluding hydrogens is 236 g/mol. The summed E-state index contributed by atoms with van der Waals surface area (Å²) in [5, 5.41) is 0. The smallest absolute Gasteiger partial charge is 0.254 e. The maximum Gasteiger partial charge on any atom is 0.254 e. The van der Waals surface area contributed by atoms with Gasteiger partial charge in [-0.3, -0.25) is 9.69 Å². The number of amides is 1. The first-order valence-corrected chi connectivity index (χ1v) is 7.37. The molecule has 1 saturated heterocycles. The van der Waals surface area contributed by atoms with Crippen LogP contribution in [0.25, 0.3) is 0 Å². The molecule has 2 aliphatic rings. The highest BCUT2D eigenvalue weighted by molar-refractivity contribution is 5.96. The highest BCUT2D eigenvalue weighted by atomic mass is 16.2. The van der Waals surface area contributed by atoms with Gasteiger partial charge in [-0.05, 0) is 44.4 Å². The van der Waals surface area contributed by atoms with Gasteiger partial charge in [0.25, 0.3) is 5.91 Å². The Bertz CT molecular complexity index is 472. The van der Waals surface area contributed by atoms with Crippen LogP contribution in [0.5, 0.6) is 0 Å². The molecule has 3 heteroatoms. The Morgan fingerprint density at radius 3 is 2.84 bits per heavy atom. The molecule has 19 heavy (non-hydrogen) atoms. The molecule has 3 nitrogen and oxygen atoms in total. The lowest BCUT2D eigenvalue weighted by atomic mass is 9.99. The van der Waals surface area contributed by atoms with E-state index < -0.39 is 0 Å². The van der Waals surface area contributed by atoms with Crippen molar-refractivity contribution in [3.8, 4) is 0 Å². The lowest BCUT2D eigenvalue weighted by Gasteiger charge is -2.31. The topological polar surface area (TPSA) is 23.6 Å². The summed E-state index contributed by atoms with van der Waals surface area (Å²) in [6.45, 7) is 6.25. The van der Waals surface area contributed by atoms with Crippen molar-refractivity contribution in [3.05, 3.63) is 35.4 Å². The van der Waals surface area contributed by atoms with E-state index in [9.17, 15) is 4.79 Å². The number of hydrogen-bond acceptors (Lipinski definition) is 2. The van der Waals surface area contributed by atoms with Crippen LogP contribution in [-0.4, -0.2) is 47.9 Å². The zero-order valence-corrected chi connectivity index (χ0v) is 11.6. The van der Waals surface area contributed by atoms with Gasteiger partial charge in [0, 0.05) is 31.2 Å². The number of hydrogen-bond donors (Lipinski definition) is 0. The van der Waals surface area contributed by atoms with Crippen LogP contribution in [0, 0.1) is 0 Å². The summed E-state index contributed by atoms with van der Waals surface area (Å²) in [6.07, 6.45) is 3.60. The van der Waals surface area contributed by atoms with Gasteiger partial charge in [-0.1, -0.05) is 18.2 Å². The Morgan fingerprint density at radius 1 is 1.21 bits per heavy atom. The van der Waals surface area contributed by atoms with Crippen LogP contribution in [0.2, 0.25) is 0 Å². The Morgan fingerprint density at radius 2 is 2.05 bits per heavy atom. The van der Waals surface area contributed by atoms with Gasteiger partial charge in [0.2, 0.25) is 0 Å². The molecule has 0 radical (unpaired) electrons. The van der Waals surface area contributed by atoms with E-state index in [-0.39, 0.29) is 5.91 Å². The van der Waals surface area contributed by atoms with E-state index in [0.29, 0.717) is 6.04 Å². The molecule has 0 bridgehead atoms. The average molecular weight is 258 g/mol. The first-order valence-electron chi connectivity index (χ1n) is 7.37. The third-order valence-electron chi connectivity index (χ3n) is 4.53. The Hall–Kier alpha value is -1.35. The normalized spacial score (nSPS) is 23.7. The van der Waals surface area contributed by atoms with Gasteiger partial charge >= 0.3 is 0 Å². The van der Waals surface area contributed by atoms with Gasteiger partial charge in [-0.25, -0.2) is 0 Å².